The summed E-state index contributed by atoms with van der Waals surface area (Å²) in [6.45, 7) is 2.13. The first-order valence-corrected chi connectivity index (χ1v) is 32.1. The average molecular weight is 1250 g/mol. The van der Waals surface area contributed by atoms with Crippen molar-refractivity contribution in [2.45, 2.75) is 139 Å². The van der Waals surface area contributed by atoms with Gasteiger partial charge in [0.15, 0.2) is 5.78 Å². The van der Waals surface area contributed by atoms with E-state index in [2.05, 4.69) is 42.5 Å². The highest BCUT2D eigenvalue weighted by Crippen LogP contribution is 2.48. The van der Waals surface area contributed by atoms with E-state index in [0.29, 0.717) is 64.6 Å². The van der Waals surface area contributed by atoms with Crippen molar-refractivity contribution >= 4 is 71.0 Å². The van der Waals surface area contributed by atoms with Gasteiger partial charge in [-0.05, 0) is 105 Å². The first kappa shape index (κ1) is 71.9. The smallest absolute Gasteiger partial charge is 0.326 e. The zero-order valence-electron chi connectivity index (χ0n) is 51.4. The summed E-state index contributed by atoms with van der Waals surface area (Å²) in [5.74, 6) is -6.22. The molecule has 0 aliphatic heterocycles. The van der Waals surface area contributed by atoms with E-state index in [9.17, 15) is 53.1 Å². The fraction of sp³-hybridized carbons (Fsp3) is 0.420. The maximum atomic E-state index is 14.4. The highest BCUT2D eigenvalue weighted by molar-refractivity contribution is 8.01. The third-order valence-electron chi connectivity index (χ3n) is 15.0. The minimum Gasteiger partial charge on any atom is -0.481 e. The summed E-state index contributed by atoms with van der Waals surface area (Å²) in [6, 6.07) is 44.6. The van der Waals surface area contributed by atoms with E-state index in [1.54, 1.807) is 55.5 Å². The number of benzene rings is 5. The number of hydrogen-bond acceptors (Lipinski definition) is 11. The van der Waals surface area contributed by atoms with Gasteiger partial charge in [0, 0.05) is 57.3 Å². The molecule has 0 saturated heterocycles. The van der Waals surface area contributed by atoms with Crippen LogP contribution in [0.25, 0.3) is 0 Å². The van der Waals surface area contributed by atoms with Crippen LogP contribution in [-0.4, -0.2) is 126 Å². The van der Waals surface area contributed by atoms with Crippen molar-refractivity contribution < 1.29 is 58.2 Å². The van der Waals surface area contributed by atoms with Gasteiger partial charge < -0.3 is 52.7 Å². The number of Topliss-reactive ketones (excluding diaryl/α,β-unsaturated/α-hetero) is 1. The van der Waals surface area contributed by atoms with E-state index >= 15 is 0 Å². The predicted octanol–water partition coefficient (Wildman–Crippen LogP) is 7.53. The molecule has 5 rings (SSSR count). The molecule has 0 fully saturated rings. The minimum atomic E-state index is -1.29. The highest BCUT2D eigenvalue weighted by Gasteiger charge is 2.38. The number of urea groups is 1. The van der Waals surface area contributed by atoms with Crippen molar-refractivity contribution in [3.63, 3.8) is 0 Å². The number of amides is 8. The number of carboxylic acids is 2. The molecule has 0 aromatic heterocycles. The van der Waals surface area contributed by atoms with Crippen molar-refractivity contribution in [2.75, 3.05) is 38.5 Å². The quantitative estimate of drug-likeness (QED) is 0.0134. The molecule has 0 bridgehead atoms. The van der Waals surface area contributed by atoms with Gasteiger partial charge in [-0.15, -0.1) is 11.8 Å². The van der Waals surface area contributed by atoms with Crippen molar-refractivity contribution in [2.24, 2.45) is 5.92 Å². The summed E-state index contributed by atoms with van der Waals surface area (Å²) < 4.78 is -0.759. The third-order valence-corrected chi connectivity index (χ3v) is 16.6. The lowest BCUT2D eigenvalue weighted by molar-refractivity contribution is -0.143. The number of ketones is 1. The van der Waals surface area contributed by atoms with Gasteiger partial charge in [-0.25, -0.2) is 9.59 Å². The number of carbonyl (C=O) groups excluding carboxylic acids is 8. The second-order valence-corrected chi connectivity index (χ2v) is 23.5. The number of carboxylic acid groups (broad SMARTS) is 2. The SMILES string of the molecule is C[C@H](CCC(=O)O)NC(=O)NCCCCCNC(=O)CCCCCCC(=O)NCCCCC(NC(=O)C(CC(=O)C(Cc1ccccc1)NC(=O)CNC(=O)CNC(=O)CSC(c1ccccc1)(c1ccccc1)c1ccccc1)Cc1ccccc1)C(=O)O. The molecular formula is C69H88N8O12S. The normalized spacial score (nSPS) is 12.4. The number of rotatable bonds is 43. The Morgan fingerprint density at radius 1 is 0.433 bits per heavy atom. The number of thioether (sulfide) groups is 1. The molecule has 21 heteroatoms. The molecule has 90 heavy (non-hydrogen) atoms. The van der Waals surface area contributed by atoms with E-state index in [4.69, 9.17) is 5.11 Å². The summed E-state index contributed by atoms with van der Waals surface area (Å²) in [5, 5.41) is 40.8. The van der Waals surface area contributed by atoms with Crippen LogP contribution in [0.2, 0.25) is 0 Å². The number of unbranched alkanes of at least 4 members (excludes halogenated alkanes) is 6. The van der Waals surface area contributed by atoms with Gasteiger partial charge in [-0.2, -0.15) is 0 Å². The van der Waals surface area contributed by atoms with E-state index in [0.717, 1.165) is 59.9 Å². The average Bonchev–Trinajstić information content (AvgIpc) is 1.04. The van der Waals surface area contributed by atoms with Crippen LogP contribution in [0.15, 0.2) is 152 Å². The van der Waals surface area contributed by atoms with Crippen LogP contribution in [0.1, 0.15) is 131 Å². The first-order chi connectivity index (χ1) is 43.5. The molecule has 20 nitrogen and oxygen atoms in total. The van der Waals surface area contributed by atoms with Crippen molar-refractivity contribution in [1.82, 2.24) is 42.5 Å². The van der Waals surface area contributed by atoms with Crippen LogP contribution >= 0.6 is 11.8 Å². The second-order valence-electron chi connectivity index (χ2n) is 22.3. The molecule has 0 heterocycles. The zero-order valence-corrected chi connectivity index (χ0v) is 52.2. The predicted molar refractivity (Wildman–Crippen MR) is 347 cm³/mol. The lowest BCUT2D eigenvalue weighted by Crippen LogP contribution is -2.49. The molecular weight excluding hydrogens is 1160 g/mol. The molecule has 4 atom stereocenters. The van der Waals surface area contributed by atoms with Crippen LogP contribution in [0.3, 0.4) is 0 Å². The standard InChI is InChI=1S/C69H88N8O12S/c1-50(39-40-65(84)85)75-68(89)72-43-24-9-23-41-70-60(79)37-20-2-3-21-38-61(80)71-42-25-22-36-57(67(87)88)77-66(86)53(44-51-26-10-4-11-27-51)46-59(78)58(45-52-28-12-5-13-29-52)76-63(82)48-73-62(81)47-74-64(83)49-90-69(54-30-14-6-15-31-54,55-32-16-7-17-33-55)56-34-18-8-19-35-56/h4-8,10-19,26-35,50,53,57-58H,2-3,9,20-25,36-49H2,1H3,(H,70,79)(H,71,80)(H,73,81)(H,74,83)(H,76,82)(H,77,86)(H,84,85)(H,87,88)(H2,72,75,89)/t50-,53?,57?,58?/m1/s1. The maximum Gasteiger partial charge on any atom is 0.326 e. The van der Waals surface area contributed by atoms with Crippen LogP contribution < -0.4 is 42.5 Å². The number of aliphatic carboxylic acids is 2. The molecule has 0 aliphatic rings. The van der Waals surface area contributed by atoms with Crippen molar-refractivity contribution in [1.29, 1.82) is 0 Å². The zero-order chi connectivity index (χ0) is 64.8. The molecule has 482 valence electrons. The summed E-state index contributed by atoms with van der Waals surface area (Å²) in [4.78, 5) is 129. The van der Waals surface area contributed by atoms with Crippen LogP contribution in [0, 0.1) is 5.92 Å². The molecule has 0 aliphatic carbocycles. The highest BCUT2D eigenvalue weighted by atomic mass is 32.2. The fourth-order valence-electron chi connectivity index (χ4n) is 10.2. The van der Waals surface area contributed by atoms with E-state index in [1.165, 1.54) is 11.8 Å². The van der Waals surface area contributed by atoms with Gasteiger partial charge in [0.1, 0.15) is 6.04 Å². The summed E-state index contributed by atoms with van der Waals surface area (Å²) >= 11 is 1.42. The Morgan fingerprint density at radius 3 is 1.40 bits per heavy atom. The molecule has 3 unspecified atom stereocenters. The Hall–Kier alpha value is -8.85. The van der Waals surface area contributed by atoms with Gasteiger partial charge in [0.05, 0.1) is 29.6 Å². The first-order valence-electron chi connectivity index (χ1n) is 31.1. The number of nitrogens with one attached hydrogen (secondary N) is 8. The van der Waals surface area contributed by atoms with E-state index in [-0.39, 0.29) is 61.7 Å². The molecule has 8 amide bonds. The topological polar surface area (TPSA) is 307 Å². The Bertz CT molecular complexity index is 2940. The number of hydrogen-bond donors (Lipinski definition) is 10. The molecule has 0 spiro atoms. The summed E-state index contributed by atoms with van der Waals surface area (Å²) in [6.07, 6.45) is 6.91. The Kier molecular flexibility index (Phi) is 32.5. The second kappa shape index (κ2) is 40.6. The fourth-order valence-corrected chi connectivity index (χ4v) is 11.5. The molecule has 10 N–H and O–H groups in total. The van der Waals surface area contributed by atoms with Gasteiger partial charge in [-0.1, -0.05) is 165 Å². The van der Waals surface area contributed by atoms with Crippen molar-refractivity contribution in [3.05, 3.63) is 179 Å². The summed E-state index contributed by atoms with van der Waals surface area (Å²) in [7, 11) is 0. The molecule has 5 aromatic carbocycles. The molecule has 5 aromatic rings. The molecule has 0 saturated carbocycles. The van der Waals surface area contributed by atoms with Crippen LogP contribution in [0.4, 0.5) is 4.79 Å². The summed E-state index contributed by atoms with van der Waals surface area (Å²) in [5.41, 5.74) is 4.37. The van der Waals surface area contributed by atoms with Crippen LogP contribution in [0.5, 0.6) is 0 Å². The monoisotopic (exact) mass is 1250 g/mol. The Balaban J connectivity index is 1.03. The van der Waals surface area contributed by atoms with Crippen LogP contribution in [-0.2, 0) is 60.7 Å². The van der Waals surface area contributed by atoms with Gasteiger partial charge >= 0.3 is 18.0 Å². The maximum absolute atomic E-state index is 14.4. The largest absolute Gasteiger partial charge is 0.481 e. The third kappa shape index (κ3) is 27.3. The Morgan fingerprint density at radius 2 is 0.889 bits per heavy atom. The molecule has 0 radical (unpaired) electrons. The van der Waals surface area contributed by atoms with E-state index < -0.39 is 77.2 Å². The van der Waals surface area contributed by atoms with Gasteiger partial charge in [0.25, 0.3) is 0 Å². The van der Waals surface area contributed by atoms with Crippen molar-refractivity contribution in [3.8, 4) is 0 Å². The lowest BCUT2D eigenvalue weighted by Gasteiger charge is -2.35. The lowest BCUT2D eigenvalue weighted by atomic mass is 9.84. The Labute approximate surface area is 532 Å². The van der Waals surface area contributed by atoms with E-state index in [1.807, 2.05) is 103 Å². The van der Waals surface area contributed by atoms with Gasteiger partial charge in [0.2, 0.25) is 35.4 Å². The number of carbonyl (C=O) groups is 10. The van der Waals surface area contributed by atoms with Gasteiger partial charge in [-0.3, -0.25) is 38.4 Å². The minimum absolute atomic E-state index is 0.00774.